The number of aromatic nitrogens is 3. The topological polar surface area (TPSA) is 47.8 Å². The Hall–Kier alpha value is -2.01. The molecule has 1 fully saturated rings. The van der Waals surface area contributed by atoms with E-state index >= 15 is 0 Å². The molecule has 0 spiro atoms. The normalized spacial score (nSPS) is 14.7. The lowest BCUT2D eigenvalue weighted by Gasteiger charge is -2.01. The van der Waals surface area contributed by atoms with Crippen LogP contribution in [0.1, 0.15) is 28.2 Å². The minimum atomic E-state index is 0.135. The molecule has 3 heterocycles. The third-order valence-electron chi connectivity index (χ3n) is 3.93. The van der Waals surface area contributed by atoms with Gasteiger partial charge in [0.05, 0.1) is 18.1 Å². The number of carbonyl (C=O) groups excluding carboxylic acids is 1. The molecule has 0 bridgehead atoms. The Balaban J connectivity index is 1.71. The summed E-state index contributed by atoms with van der Waals surface area (Å²) in [7, 11) is 0. The van der Waals surface area contributed by atoms with Gasteiger partial charge in [0.2, 0.25) is 0 Å². The smallest absolute Gasteiger partial charge is 0.171 e. The van der Waals surface area contributed by atoms with Crippen LogP contribution in [-0.2, 0) is 13.0 Å². The van der Waals surface area contributed by atoms with E-state index in [1.54, 1.807) is 12.4 Å². The van der Waals surface area contributed by atoms with Gasteiger partial charge < -0.3 is 4.57 Å². The number of pyridine rings is 1. The van der Waals surface area contributed by atoms with Gasteiger partial charge in [-0.1, -0.05) is 0 Å². The van der Waals surface area contributed by atoms with Gasteiger partial charge in [-0.2, -0.15) is 0 Å². The number of hydrogen-bond acceptors (Lipinski definition) is 4. The zero-order valence-electron chi connectivity index (χ0n) is 11.5. The first-order chi connectivity index (χ1) is 10.3. The van der Waals surface area contributed by atoms with Crippen LogP contribution in [0, 0.1) is 5.92 Å². The van der Waals surface area contributed by atoms with Crippen LogP contribution in [0.15, 0.2) is 36.2 Å². The van der Waals surface area contributed by atoms with Crippen molar-refractivity contribution < 1.29 is 4.79 Å². The van der Waals surface area contributed by atoms with Crippen molar-refractivity contribution in [2.24, 2.45) is 5.92 Å². The lowest BCUT2D eigenvalue weighted by Crippen LogP contribution is -2.03. The van der Waals surface area contributed by atoms with Gasteiger partial charge in [0.1, 0.15) is 5.01 Å². The summed E-state index contributed by atoms with van der Waals surface area (Å²) in [6, 6.07) is 1.94. The number of ketones is 1. The first kappa shape index (κ1) is 12.7. The van der Waals surface area contributed by atoms with E-state index in [1.165, 1.54) is 24.2 Å². The van der Waals surface area contributed by atoms with Crippen molar-refractivity contribution in [1.82, 2.24) is 14.5 Å². The fourth-order valence-electron chi connectivity index (χ4n) is 2.66. The van der Waals surface area contributed by atoms with Crippen LogP contribution in [-0.4, -0.2) is 20.3 Å². The molecule has 0 N–H and O–H groups in total. The average Bonchev–Trinajstić information content (AvgIpc) is 3.02. The minimum Gasteiger partial charge on any atom is -0.345 e. The number of thiazole rings is 1. The largest absolute Gasteiger partial charge is 0.345 e. The lowest BCUT2D eigenvalue weighted by molar-refractivity contribution is 0.0994. The summed E-state index contributed by atoms with van der Waals surface area (Å²) in [5.41, 5.74) is 1.86. The molecule has 0 saturated heterocycles. The third-order valence-corrected chi connectivity index (χ3v) is 4.71. The molecule has 1 saturated carbocycles. The van der Waals surface area contributed by atoms with Gasteiger partial charge in [-0.3, -0.25) is 9.78 Å². The Morgan fingerprint density at radius 2 is 2.29 bits per heavy atom. The van der Waals surface area contributed by atoms with Gasteiger partial charge in [-0.05, 0) is 24.8 Å². The number of Topliss-reactive ketones (excluding diaryl/α,β-unsaturated/α-hetero) is 1. The molecule has 5 heteroatoms. The highest BCUT2D eigenvalue weighted by Crippen LogP contribution is 2.33. The van der Waals surface area contributed by atoms with E-state index in [9.17, 15) is 4.79 Å². The summed E-state index contributed by atoms with van der Waals surface area (Å²) >= 11 is 1.53. The summed E-state index contributed by atoms with van der Waals surface area (Å²) in [4.78, 5) is 21.0. The van der Waals surface area contributed by atoms with Crippen LogP contribution in [0.3, 0.4) is 0 Å². The van der Waals surface area contributed by atoms with Crippen LogP contribution in [0.25, 0.3) is 10.9 Å². The highest BCUT2D eigenvalue weighted by atomic mass is 32.1. The van der Waals surface area contributed by atoms with Crippen LogP contribution in [0.4, 0.5) is 0 Å². The van der Waals surface area contributed by atoms with Crippen LogP contribution in [0.2, 0.25) is 0 Å². The molecule has 1 aliphatic carbocycles. The fraction of sp³-hybridized carbons (Fsp3) is 0.312. The molecular formula is C16H15N3OS. The van der Waals surface area contributed by atoms with Crippen molar-refractivity contribution in [3.63, 3.8) is 0 Å². The van der Waals surface area contributed by atoms with E-state index in [1.807, 2.05) is 23.8 Å². The number of rotatable bonds is 5. The van der Waals surface area contributed by atoms with E-state index in [-0.39, 0.29) is 5.78 Å². The zero-order chi connectivity index (χ0) is 14.2. The van der Waals surface area contributed by atoms with E-state index in [0.29, 0.717) is 6.42 Å². The summed E-state index contributed by atoms with van der Waals surface area (Å²) in [6.45, 7) is 0.993. The summed E-state index contributed by atoms with van der Waals surface area (Å²) in [5.74, 6) is 0.901. The molecule has 0 aromatic carbocycles. The maximum absolute atomic E-state index is 12.6. The van der Waals surface area contributed by atoms with Crippen LogP contribution in [0.5, 0.6) is 0 Å². The molecule has 3 aromatic rings. The predicted octanol–water partition coefficient (Wildman–Crippen LogP) is 3.33. The SMILES string of the molecule is O=C(Cc1nccs1)c1cn(CC2CC2)c2cnccc12. The fourth-order valence-corrected chi connectivity index (χ4v) is 3.28. The van der Waals surface area contributed by atoms with Gasteiger partial charge in [-0.25, -0.2) is 4.98 Å². The van der Waals surface area contributed by atoms with Gasteiger partial charge >= 0.3 is 0 Å². The number of hydrogen-bond donors (Lipinski definition) is 0. The van der Waals surface area contributed by atoms with Crippen molar-refractivity contribution in [3.8, 4) is 0 Å². The summed E-state index contributed by atoms with van der Waals surface area (Å²) in [6.07, 6.45) is 10.3. The molecule has 3 aromatic heterocycles. The summed E-state index contributed by atoms with van der Waals surface area (Å²) < 4.78 is 2.19. The highest BCUT2D eigenvalue weighted by Gasteiger charge is 2.24. The standard InChI is InChI=1S/C16H15N3OS/c20-15(7-16-18-5-6-21-16)13-10-19(9-11-1-2-11)14-8-17-4-3-12(13)14/h3-6,8,10-11H,1-2,7,9H2. The minimum absolute atomic E-state index is 0.135. The zero-order valence-corrected chi connectivity index (χ0v) is 12.3. The molecule has 1 aliphatic rings. The van der Waals surface area contributed by atoms with Crippen molar-refractivity contribution >= 4 is 28.0 Å². The molecule has 0 amide bonds. The second kappa shape index (κ2) is 5.07. The van der Waals surface area contributed by atoms with E-state index in [2.05, 4.69) is 14.5 Å². The molecule has 106 valence electrons. The van der Waals surface area contributed by atoms with Gasteiger partial charge in [0.15, 0.2) is 5.78 Å². The number of nitrogens with zero attached hydrogens (tertiary/aromatic N) is 3. The van der Waals surface area contributed by atoms with Crippen molar-refractivity contribution in [2.45, 2.75) is 25.8 Å². The van der Waals surface area contributed by atoms with Gasteiger partial charge in [-0.15, -0.1) is 11.3 Å². The molecule has 4 nitrogen and oxygen atoms in total. The first-order valence-corrected chi connectivity index (χ1v) is 8.03. The Kier molecular flexibility index (Phi) is 3.07. The number of fused-ring (bicyclic) bond motifs is 1. The van der Waals surface area contributed by atoms with Crippen molar-refractivity contribution in [3.05, 3.63) is 46.8 Å². The molecule has 0 aliphatic heterocycles. The van der Waals surface area contributed by atoms with Gasteiger partial charge in [0, 0.05) is 41.5 Å². The highest BCUT2D eigenvalue weighted by molar-refractivity contribution is 7.09. The molecule has 0 atom stereocenters. The lowest BCUT2D eigenvalue weighted by atomic mass is 10.1. The molecule has 21 heavy (non-hydrogen) atoms. The molecule has 0 radical (unpaired) electrons. The van der Waals surface area contributed by atoms with E-state index in [0.717, 1.165) is 33.9 Å². The van der Waals surface area contributed by atoms with E-state index < -0.39 is 0 Å². The Morgan fingerprint density at radius 3 is 3.05 bits per heavy atom. The Morgan fingerprint density at radius 1 is 1.38 bits per heavy atom. The second-order valence-corrected chi connectivity index (χ2v) is 6.54. The average molecular weight is 297 g/mol. The molecule has 4 rings (SSSR count). The van der Waals surface area contributed by atoms with Crippen LogP contribution >= 0.6 is 11.3 Å². The monoisotopic (exact) mass is 297 g/mol. The quantitative estimate of drug-likeness (QED) is 0.679. The van der Waals surface area contributed by atoms with E-state index in [4.69, 9.17) is 0 Å². The Labute approximate surface area is 126 Å². The Bertz CT molecular complexity index is 787. The van der Waals surface area contributed by atoms with Crippen molar-refractivity contribution in [1.29, 1.82) is 0 Å². The predicted molar refractivity (Wildman–Crippen MR) is 82.6 cm³/mol. The molecule has 0 unspecified atom stereocenters. The van der Waals surface area contributed by atoms with Crippen molar-refractivity contribution in [2.75, 3.05) is 0 Å². The summed E-state index contributed by atoms with van der Waals surface area (Å²) in [5, 5.41) is 3.78. The first-order valence-electron chi connectivity index (χ1n) is 7.15. The number of carbonyl (C=O) groups is 1. The van der Waals surface area contributed by atoms with Crippen LogP contribution < -0.4 is 0 Å². The molecular weight excluding hydrogens is 282 g/mol. The third kappa shape index (κ3) is 2.49. The van der Waals surface area contributed by atoms with Gasteiger partial charge in [0.25, 0.3) is 0 Å². The maximum atomic E-state index is 12.6. The maximum Gasteiger partial charge on any atom is 0.171 e. The second-order valence-electron chi connectivity index (χ2n) is 5.56.